The molecule has 8 nitrogen and oxygen atoms in total. The average Bonchev–Trinajstić information content (AvgIpc) is 3.07. The normalized spacial score (nSPS) is 10.8. The molecule has 1 N–H and O–H groups in total. The molecule has 0 fully saturated rings. The van der Waals surface area contributed by atoms with Crippen LogP contribution in [0.5, 0.6) is 0 Å². The first kappa shape index (κ1) is 19.6. The van der Waals surface area contributed by atoms with Crippen LogP contribution in [0.15, 0.2) is 34.4 Å². The highest BCUT2D eigenvalue weighted by Gasteiger charge is 2.23. The van der Waals surface area contributed by atoms with Crippen molar-refractivity contribution >= 4 is 39.0 Å². The first-order chi connectivity index (χ1) is 13.5. The van der Waals surface area contributed by atoms with Crippen molar-refractivity contribution in [2.24, 2.45) is 0 Å². The fourth-order valence-corrected chi connectivity index (χ4v) is 3.53. The number of amides is 1. The number of carbonyl (C=O) groups is 2. The summed E-state index contributed by atoms with van der Waals surface area (Å²) in [6.07, 6.45) is 0. The summed E-state index contributed by atoms with van der Waals surface area (Å²) >= 11 is 1.05. The fourth-order valence-electron chi connectivity index (χ4n) is 2.57. The molecule has 0 saturated carbocycles. The number of ether oxygens (including phenoxy) is 2. The maximum atomic E-state index is 14.3. The van der Waals surface area contributed by atoms with Gasteiger partial charge in [-0.05, 0) is 19.1 Å². The van der Waals surface area contributed by atoms with E-state index < -0.39 is 23.3 Å². The summed E-state index contributed by atoms with van der Waals surface area (Å²) in [4.78, 5) is 37.3. The molecule has 0 unspecified atom stereocenters. The van der Waals surface area contributed by atoms with Gasteiger partial charge in [0.15, 0.2) is 5.69 Å². The Balaban J connectivity index is 2.28. The standard InChI is InChI=1S/C18H16FN3O5S/c1-3-27-18(25)15-10-9-28-16(20-13(23)8-26-2)14(10)17(24)22(21-15)12-7-5-4-6-11(12)19/h4-7,9H,3,8H2,1-2H3,(H,20,23). The molecule has 0 saturated heterocycles. The number of nitrogens with one attached hydrogen (secondary N) is 1. The van der Waals surface area contributed by atoms with E-state index in [4.69, 9.17) is 9.47 Å². The van der Waals surface area contributed by atoms with Crippen LogP contribution in [0.4, 0.5) is 9.39 Å². The van der Waals surface area contributed by atoms with Crippen molar-refractivity contribution in [2.75, 3.05) is 25.6 Å². The molecular weight excluding hydrogens is 389 g/mol. The molecule has 2 aromatic heterocycles. The second-order valence-corrected chi connectivity index (χ2v) is 6.45. The summed E-state index contributed by atoms with van der Waals surface area (Å²) in [5.41, 5.74) is -0.953. The van der Waals surface area contributed by atoms with E-state index in [9.17, 15) is 18.8 Å². The van der Waals surface area contributed by atoms with Crippen LogP contribution in [0, 0.1) is 5.82 Å². The van der Waals surface area contributed by atoms with Crippen molar-refractivity contribution in [3.63, 3.8) is 0 Å². The number of aromatic nitrogens is 2. The van der Waals surface area contributed by atoms with Gasteiger partial charge in [0.2, 0.25) is 0 Å². The average molecular weight is 405 g/mol. The van der Waals surface area contributed by atoms with Crippen molar-refractivity contribution in [1.29, 1.82) is 0 Å². The summed E-state index contributed by atoms with van der Waals surface area (Å²) in [6.45, 7) is 1.52. The minimum absolute atomic E-state index is 0.0377. The lowest BCUT2D eigenvalue weighted by molar-refractivity contribution is -0.119. The zero-order valence-corrected chi connectivity index (χ0v) is 15.8. The first-order valence-corrected chi connectivity index (χ1v) is 9.11. The Kier molecular flexibility index (Phi) is 5.81. The zero-order chi connectivity index (χ0) is 20.3. The highest BCUT2D eigenvalue weighted by atomic mass is 32.1. The molecule has 0 radical (unpaired) electrons. The molecule has 0 aliphatic carbocycles. The second-order valence-electron chi connectivity index (χ2n) is 5.57. The molecule has 0 aliphatic rings. The number of hydrogen-bond acceptors (Lipinski definition) is 7. The van der Waals surface area contributed by atoms with E-state index in [1.165, 1.54) is 36.8 Å². The van der Waals surface area contributed by atoms with Crippen molar-refractivity contribution in [2.45, 2.75) is 6.92 Å². The number of esters is 1. The first-order valence-electron chi connectivity index (χ1n) is 8.23. The Bertz CT molecular complexity index is 1110. The second kappa shape index (κ2) is 8.28. The van der Waals surface area contributed by atoms with Gasteiger partial charge in [-0.15, -0.1) is 11.3 Å². The number of hydrogen-bond donors (Lipinski definition) is 1. The topological polar surface area (TPSA) is 99.5 Å². The largest absolute Gasteiger partial charge is 0.461 e. The maximum Gasteiger partial charge on any atom is 0.359 e. The lowest BCUT2D eigenvalue weighted by Crippen LogP contribution is -2.26. The van der Waals surface area contributed by atoms with Crippen LogP contribution in [0.1, 0.15) is 17.4 Å². The van der Waals surface area contributed by atoms with E-state index in [0.29, 0.717) is 0 Å². The zero-order valence-electron chi connectivity index (χ0n) is 15.0. The van der Waals surface area contributed by atoms with Gasteiger partial charge in [-0.25, -0.2) is 9.18 Å². The van der Waals surface area contributed by atoms with Gasteiger partial charge < -0.3 is 14.8 Å². The lowest BCUT2D eigenvalue weighted by Gasteiger charge is -2.10. The number of benzene rings is 1. The van der Waals surface area contributed by atoms with Crippen LogP contribution in [-0.2, 0) is 14.3 Å². The molecule has 0 aliphatic heterocycles. The van der Waals surface area contributed by atoms with Crippen molar-refractivity contribution in [3.8, 4) is 5.69 Å². The van der Waals surface area contributed by atoms with Gasteiger partial charge in [0.1, 0.15) is 23.1 Å². The molecular formula is C18H16FN3O5S. The third-order valence-electron chi connectivity index (χ3n) is 3.73. The number of nitrogens with zero attached hydrogens (tertiary/aromatic N) is 2. The van der Waals surface area contributed by atoms with Gasteiger partial charge in [0.25, 0.3) is 11.5 Å². The van der Waals surface area contributed by atoms with Gasteiger partial charge in [0, 0.05) is 17.9 Å². The Hall–Kier alpha value is -3.11. The van der Waals surface area contributed by atoms with E-state index in [1.807, 2.05) is 0 Å². The summed E-state index contributed by atoms with van der Waals surface area (Å²) < 4.78 is 24.9. The van der Waals surface area contributed by atoms with E-state index >= 15 is 0 Å². The van der Waals surface area contributed by atoms with Crippen LogP contribution >= 0.6 is 11.3 Å². The van der Waals surface area contributed by atoms with Crippen LogP contribution < -0.4 is 10.9 Å². The molecule has 1 aromatic carbocycles. The highest BCUT2D eigenvalue weighted by Crippen LogP contribution is 2.30. The Morgan fingerprint density at radius 2 is 2.07 bits per heavy atom. The predicted octanol–water partition coefficient (Wildman–Crippen LogP) is 2.35. The third-order valence-corrected chi connectivity index (χ3v) is 4.63. The number of thiophene rings is 1. The molecule has 2 heterocycles. The molecule has 3 rings (SSSR count). The van der Waals surface area contributed by atoms with E-state index in [0.717, 1.165) is 16.0 Å². The van der Waals surface area contributed by atoms with Crippen LogP contribution in [0.3, 0.4) is 0 Å². The maximum absolute atomic E-state index is 14.3. The Morgan fingerprint density at radius 1 is 1.32 bits per heavy atom. The van der Waals surface area contributed by atoms with Gasteiger partial charge in [-0.3, -0.25) is 9.59 Å². The Morgan fingerprint density at radius 3 is 2.75 bits per heavy atom. The van der Waals surface area contributed by atoms with Crippen molar-refractivity contribution in [3.05, 3.63) is 51.5 Å². The number of methoxy groups -OCH3 is 1. The SMILES string of the molecule is CCOC(=O)c1nn(-c2ccccc2F)c(=O)c2c(NC(=O)COC)scc12. The van der Waals surface area contributed by atoms with Crippen LogP contribution in [0.25, 0.3) is 16.5 Å². The van der Waals surface area contributed by atoms with Crippen molar-refractivity contribution < 1.29 is 23.5 Å². The number of halogens is 1. The van der Waals surface area contributed by atoms with Gasteiger partial charge in [-0.1, -0.05) is 12.1 Å². The molecule has 28 heavy (non-hydrogen) atoms. The predicted molar refractivity (Wildman–Crippen MR) is 102 cm³/mol. The van der Waals surface area contributed by atoms with Crippen LogP contribution in [0.2, 0.25) is 0 Å². The smallest absolute Gasteiger partial charge is 0.359 e. The third kappa shape index (κ3) is 3.64. The van der Waals surface area contributed by atoms with Crippen molar-refractivity contribution in [1.82, 2.24) is 9.78 Å². The summed E-state index contributed by atoms with van der Waals surface area (Å²) in [7, 11) is 1.36. The number of carbonyl (C=O) groups excluding carboxylic acids is 2. The number of rotatable bonds is 6. The number of fused-ring (bicyclic) bond motifs is 1. The van der Waals surface area contributed by atoms with Gasteiger partial charge >= 0.3 is 5.97 Å². The highest BCUT2D eigenvalue weighted by molar-refractivity contribution is 7.16. The summed E-state index contributed by atoms with van der Waals surface area (Å²) in [6, 6.07) is 5.54. The Labute approximate surface area is 162 Å². The molecule has 10 heteroatoms. The molecule has 0 spiro atoms. The molecule has 0 atom stereocenters. The minimum Gasteiger partial charge on any atom is -0.461 e. The monoisotopic (exact) mass is 405 g/mol. The molecule has 3 aromatic rings. The van der Waals surface area contributed by atoms with E-state index in [2.05, 4.69) is 10.4 Å². The van der Waals surface area contributed by atoms with E-state index in [1.54, 1.807) is 6.92 Å². The molecule has 146 valence electrons. The van der Waals surface area contributed by atoms with E-state index in [-0.39, 0.29) is 40.4 Å². The summed E-state index contributed by atoms with van der Waals surface area (Å²) in [5, 5.41) is 8.58. The molecule has 0 bridgehead atoms. The lowest BCUT2D eigenvalue weighted by atomic mass is 10.2. The quantitative estimate of drug-likeness (QED) is 0.632. The number of para-hydroxylation sites is 1. The minimum atomic E-state index is -0.759. The number of anilines is 1. The molecule has 1 amide bonds. The summed E-state index contributed by atoms with van der Waals surface area (Å²) in [5.74, 6) is -1.92. The fraction of sp³-hybridized carbons (Fsp3) is 0.222. The van der Waals surface area contributed by atoms with Gasteiger partial charge in [0.05, 0.1) is 12.0 Å². The van der Waals surface area contributed by atoms with Gasteiger partial charge in [-0.2, -0.15) is 9.78 Å². The van der Waals surface area contributed by atoms with Crippen LogP contribution in [-0.4, -0.2) is 42.0 Å².